The highest BCUT2D eigenvalue weighted by atomic mass is 16.3. The molecule has 1 aliphatic rings. The first-order valence-corrected chi connectivity index (χ1v) is 8.94. The maximum Gasteiger partial charge on any atom is 0.253 e. The summed E-state index contributed by atoms with van der Waals surface area (Å²) in [6.07, 6.45) is 3.57. The van der Waals surface area contributed by atoms with Crippen molar-refractivity contribution >= 4 is 16.9 Å². The normalized spacial score (nSPS) is 20.5. The molecular weight excluding hydrogens is 328 g/mol. The van der Waals surface area contributed by atoms with E-state index < -0.39 is 0 Å². The number of fused-ring (bicyclic) bond motifs is 1. The zero-order valence-electron chi connectivity index (χ0n) is 14.6. The summed E-state index contributed by atoms with van der Waals surface area (Å²) in [6.45, 7) is 1.88. The van der Waals surface area contributed by atoms with Crippen LogP contribution in [0, 0.1) is 12.8 Å². The second-order valence-corrected chi connectivity index (χ2v) is 7.01. The van der Waals surface area contributed by atoms with Crippen LogP contribution in [0.2, 0.25) is 0 Å². The number of rotatable bonds is 5. The maximum atomic E-state index is 12.9. The lowest BCUT2D eigenvalue weighted by Gasteiger charge is -2.38. The van der Waals surface area contributed by atoms with Crippen LogP contribution < -0.4 is 5.32 Å². The van der Waals surface area contributed by atoms with E-state index in [2.05, 4.69) is 20.3 Å². The minimum absolute atomic E-state index is 0.0592. The summed E-state index contributed by atoms with van der Waals surface area (Å²) in [5, 5.41) is 12.8. The van der Waals surface area contributed by atoms with Crippen LogP contribution in [-0.2, 0) is 6.42 Å². The van der Waals surface area contributed by atoms with Crippen LogP contribution in [0.1, 0.15) is 34.7 Å². The summed E-state index contributed by atoms with van der Waals surface area (Å²) in [5.74, 6) is 0.910. The van der Waals surface area contributed by atoms with E-state index in [4.69, 9.17) is 0 Å². The molecule has 1 amide bonds. The van der Waals surface area contributed by atoms with Crippen LogP contribution in [0.15, 0.2) is 42.6 Å². The fourth-order valence-corrected chi connectivity index (χ4v) is 3.62. The van der Waals surface area contributed by atoms with E-state index in [1.807, 2.05) is 37.3 Å². The Morgan fingerprint density at radius 2 is 2.15 bits per heavy atom. The molecule has 1 aromatic carbocycles. The molecule has 1 aliphatic carbocycles. The molecule has 0 radical (unpaired) electrons. The minimum Gasteiger partial charge on any atom is -0.393 e. The van der Waals surface area contributed by atoms with E-state index in [0.29, 0.717) is 30.3 Å². The second kappa shape index (κ2) is 6.88. The lowest BCUT2D eigenvalue weighted by atomic mass is 9.76. The highest BCUT2D eigenvalue weighted by molar-refractivity contribution is 6.05. The number of H-pyrrole nitrogens is 1. The predicted molar refractivity (Wildman–Crippen MR) is 98.8 cm³/mol. The Bertz CT molecular complexity index is 916. The van der Waals surface area contributed by atoms with Crippen LogP contribution in [-0.4, -0.2) is 38.1 Å². The van der Waals surface area contributed by atoms with Gasteiger partial charge in [0.25, 0.3) is 5.91 Å². The van der Waals surface area contributed by atoms with E-state index in [0.717, 1.165) is 17.0 Å². The van der Waals surface area contributed by atoms with Crippen LogP contribution in [0.4, 0.5) is 0 Å². The molecule has 134 valence electrons. The molecule has 1 atom stereocenters. The fourth-order valence-electron chi connectivity index (χ4n) is 3.62. The number of benzene rings is 1. The van der Waals surface area contributed by atoms with Gasteiger partial charge in [-0.15, -0.1) is 0 Å². The number of hydrogen-bond donors (Lipinski definition) is 3. The Kier molecular flexibility index (Phi) is 4.42. The first-order chi connectivity index (χ1) is 12.6. The van der Waals surface area contributed by atoms with Crippen LogP contribution in [0.25, 0.3) is 11.0 Å². The quantitative estimate of drug-likeness (QED) is 0.659. The zero-order valence-corrected chi connectivity index (χ0v) is 14.6. The first-order valence-electron chi connectivity index (χ1n) is 8.94. The standard InChI is InChI=1S/C20H22N4O2/c1-12-22-17-7-4-6-16(19(17)23-12)20(26)24-18(13-9-15(25)10-13)11-14-5-2-3-8-21-14/h2-8,13,15,18,25H,9-11H2,1H3,(H,22,23)(H,24,26)/t13?,15?,18-/m0/s1. The van der Waals surface area contributed by atoms with Crippen LogP contribution >= 0.6 is 0 Å². The topological polar surface area (TPSA) is 90.9 Å². The molecule has 0 bridgehead atoms. The van der Waals surface area contributed by atoms with Crippen molar-refractivity contribution in [2.45, 2.75) is 38.3 Å². The molecule has 3 N–H and O–H groups in total. The van der Waals surface area contributed by atoms with Gasteiger partial charge in [-0.3, -0.25) is 9.78 Å². The van der Waals surface area contributed by atoms with E-state index >= 15 is 0 Å². The lowest BCUT2D eigenvalue weighted by Crippen LogP contribution is -2.48. The number of aryl methyl sites for hydroxylation is 1. The Balaban J connectivity index is 1.57. The van der Waals surface area contributed by atoms with Crippen molar-refractivity contribution < 1.29 is 9.90 Å². The van der Waals surface area contributed by atoms with Gasteiger partial charge in [-0.1, -0.05) is 12.1 Å². The molecule has 2 aromatic heterocycles. The number of imidazole rings is 1. The third-order valence-corrected chi connectivity index (χ3v) is 5.07. The van der Waals surface area contributed by atoms with E-state index in [1.165, 1.54) is 0 Å². The summed E-state index contributed by atoms with van der Waals surface area (Å²) >= 11 is 0. The van der Waals surface area contributed by atoms with Crippen molar-refractivity contribution in [1.82, 2.24) is 20.3 Å². The minimum atomic E-state index is -0.263. The van der Waals surface area contributed by atoms with Crippen molar-refractivity contribution in [2.24, 2.45) is 5.92 Å². The monoisotopic (exact) mass is 350 g/mol. The van der Waals surface area contributed by atoms with E-state index in [-0.39, 0.29) is 24.0 Å². The molecule has 0 unspecified atom stereocenters. The molecular formula is C20H22N4O2. The fraction of sp³-hybridized carbons (Fsp3) is 0.350. The average Bonchev–Trinajstić information content (AvgIpc) is 2.99. The van der Waals surface area contributed by atoms with Crippen molar-refractivity contribution in [3.8, 4) is 0 Å². The molecule has 0 saturated heterocycles. The van der Waals surface area contributed by atoms with Crippen LogP contribution in [0.3, 0.4) is 0 Å². The van der Waals surface area contributed by atoms with Gasteiger partial charge in [0.05, 0.1) is 17.2 Å². The summed E-state index contributed by atoms with van der Waals surface area (Å²) in [4.78, 5) is 24.9. The second-order valence-electron chi connectivity index (χ2n) is 7.01. The summed E-state index contributed by atoms with van der Waals surface area (Å²) in [6, 6.07) is 11.3. The van der Waals surface area contributed by atoms with Gasteiger partial charge in [-0.05, 0) is 49.9 Å². The third-order valence-electron chi connectivity index (χ3n) is 5.07. The number of aromatic nitrogens is 3. The Morgan fingerprint density at radius 1 is 1.31 bits per heavy atom. The molecule has 0 aliphatic heterocycles. The molecule has 1 fully saturated rings. The number of hydrogen-bond acceptors (Lipinski definition) is 4. The molecule has 6 heteroatoms. The van der Waals surface area contributed by atoms with Gasteiger partial charge in [-0.25, -0.2) is 4.98 Å². The summed E-state index contributed by atoms with van der Waals surface area (Å²) in [5.41, 5.74) is 3.05. The van der Waals surface area contributed by atoms with Crippen molar-refractivity contribution in [2.75, 3.05) is 0 Å². The smallest absolute Gasteiger partial charge is 0.253 e. The molecule has 1 saturated carbocycles. The predicted octanol–water partition coefficient (Wildman–Crippen LogP) is 2.38. The van der Waals surface area contributed by atoms with E-state index in [9.17, 15) is 9.90 Å². The third kappa shape index (κ3) is 3.32. The number of amides is 1. The SMILES string of the molecule is Cc1nc2c(C(=O)N[C@@H](Cc3ccccn3)C3CC(O)C3)cccc2[nH]1. The largest absolute Gasteiger partial charge is 0.393 e. The Morgan fingerprint density at radius 3 is 2.88 bits per heavy atom. The van der Waals surface area contributed by atoms with Crippen molar-refractivity contribution in [1.29, 1.82) is 0 Å². The number of para-hydroxylation sites is 1. The van der Waals surface area contributed by atoms with Gasteiger partial charge in [0.1, 0.15) is 11.3 Å². The van der Waals surface area contributed by atoms with Gasteiger partial charge in [0, 0.05) is 24.4 Å². The number of aliphatic hydroxyl groups is 1. The number of aliphatic hydroxyl groups excluding tert-OH is 1. The number of aromatic amines is 1. The Hall–Kier alpha value is -2.73. The number of nitrogens with zero attached hydrogens (tertiary/aromatic N) is 2. The molecule has 3 aromatic rings. The highest BCUT2D eigenvalue weighted by Gasteiger charge is 2.35. The van der Waals surface area contributed by atoms with Gasteiger partial charge in [0.2, 0.25) is 0 Å². The first kappa shape index (κ1) is 16.7. The lowest BCUT2D eigenvalue weighted by molar-refractivity contribution is 0.0238. The van der Waals surface area contributed by atoms with Crippen molar-refractivity contribution in [3.05, 3.63) is 59.7 Å². The van der Waals surface area contributed by atoms with Gasteiger partial charge in [0.15, 0.2) is 0 Å². The zero-order chi connectivity index (χ0) is 18.1. The van der Waals surface area contributed by atoms with Gasteiger partial charge < -0.3 is 15.4 Å². The maximum absolute atomic E-state index is 12.9. The molecule has 0 spiro atoms. The summed E-state index contributed by atoms with van der Waals surface area (Å²) < 4.78 is 0. The number of carbonyl (C=O) groups excluding carboxylic acids is 1. The molecule has 2 heterocycles. The molecule has 6 nitrogen and oxygen atoms in total. The molecule has 26 heavy (non-hydrogen) atoms. The summed E-state index contributed by atoms with van der Waals surface area (Å²) in [7, 11) is 0. The molecule has 4 rings (SSSR count). The van der Waals surface area contributed by atoms with Crippen LogP contribution in [0.5, 0.6) is 0 Å². The number of nitrogens with one attached hydrogen (secondary N) is 2. The number of pyridine rings is 1. The van der Waals surface area contributed by atoms with Gasteiger partial charge >= 0.3 is 0 Å². The van der Waals surface area contributed by atoms with Gasteiger partial charge in [-0.2, -0.15) is 0 Å². The number of carbonyl (C=O) groups is 1. The highest BCUT2D eigenvalue weighted by Crippen LogP contribution is 2.32. The Labute approximate surface area is 151 Å². The average molecular weight is 350 g/mol. The van der Waals surface area contributed by atoms with E-state index in [1.54, 1.807) is 12.3 Å². The van der Waals surface area contributed by atoms with Crippen molar-refractivity contribution in [3.63, 3.8) is 0 Å².